The van der Waals surface area contributed by atoms with Gasteiger partial charge in [-0.05, 0) is 39.8 Å². The summed E-state index contributed by atoms with van der Waals surface area (Å²) in [6.45, 7) is 5.87. The molecule has 1 aromatic rings. The van der Waals surface area contributed by atoms with Gasteiger partial charge in [0.25, 0.3) is 10.1 Å². The molecular weight excluding hydrogens is 338 g/mol. The summed E-state index contributed by atoms with van der Waals surface area (Å²) in [5.41, 5.74) is 0.0473. The predicted octanol–water partition coefficient (Wildman–Crippen LogP) is 1.68. The predicted molar refractivity (Wildman–Crippen MR) is 85.1 cm³/mol. The van der Waals surface area contributed by atoms with Crippen LogP contribution in [0.15, 0.2) is 29.2 Å². The van der Waals surface area contributed by atoms with Gasteiger partial charge >= 0.3 is 12.1 Å². The maximum absolute atomic E-state index is 12.0. The average Bonchev–Trinajstić information content (AvgIpc) is 2.41. The molecule has 1 atom stereocenters. The molecule has 0 aliphatic heterocycles. The Kier molecular flexibility index (Phi) is 6.33. The third-order valence-electron chi connectivity index (χ3n) is 2.69. The van der Waals surface area contributed by atoms with E-state index in [-0.39, 0.29) is 4.90 Å². The van der Waals surface area contributed by atoms with Crippen molar-refractivity contribution in [3.63, 3.8) is 0 Å². The lowest BCUT2D eigenvalue weighted by Crippen LogP contribution is -2.46. The van der Waals surface area contributed by atoms with Crippen LogP contribution in [0.5, 0.6) is 0 Å². The molecule has 0 aliphatic carbocycles. The van der Waals surface area contributed by atoms with Crippen molar-refractivity contribution in [3.8, 4) is 0 Å². The molecule has 0 saturated heterocycles. The summed E-state index contributed by atoms with van der Waals surface area (Å²) in [7, 11) is -4.13. The Hall–Kier alpha value is -2.13. The standard InChI is InChI=1S/C15H21NO7S/c1-10-5-7-11(8-6-10)24(20,21)22-9-12(13(17)18)16-14(19)23-15(2,3)4/h5-8,12H,9H2,1-4H3,(H,16,19)(H,17,18)/t12-/m0/s1. The van der Waals surface area contributed by atoms with Crippen LogP contribution in [0.3, 0.4) is 0 Å². The highest BCUT2D eigenvalue weighted by atomic mass is 32.2. The highest BCUT2D eigenvalue weighted by Gasteiger charge is 2.27. The molecule has 0 aliphatic rings. The quantitative estimate of drug-likeness (QED) is 0.742. The van der Waals surface area contributed by atoms with Crippen molar-refractivity contribution < 1.29 is 32.0 Å². The Morgan fingerprint density at radius 3 is 2.21 bits per heavy atom. The van der Waals surface area contributed by atoms with E-state index >= 15 is 0 Å². The molecule has 134 valence electrons. The van der Waals surface area contributed by atoms with Crippen molar-refractivity contribution in [1.29, 1.82) is 0 Å². The number of amides is 1. The minimum Gasteiger partial charge on any atom is -0.480 e. The van der Waals surface area contributed by atoms with Crippen LogP contribution in [0.25, 0.3) is 0 Å². The maximum Gasteiger partial charge on any atom is 0.408 e. The lowest BCUT2D eigenvalue weighted by Gasteiger charge is -2.21. The van der Waals surface area contributed by atoms with Crippen LogP contribution in [-0.4, -0.2) is 43.8 Å². The van der Waals surface area contributed by atoms with Gasteiger partial charge in [-0.1, -0.05) is 17.7 Å². The Morgan fingerprint density at radius 2 is 1.75 bits per heavy atom. The van der Waals surface area contributed by atoms with E-state index in [0.29, 0.717) is 0 Å². The van der Waals surface area contributed by atoms with E-state index in [9.17, 15) is 18.0 Å². The van der Waals surface area contributed by atoms with E-state index in [4.69, 9.17) is 14.0 Å². The van der Waals surface area contributed by atoms with Crippen molar-refractivity contribution in [2.45, 2.75) is 44.2 Å². The van der Waals surface area contributed by atoms with Crippen LogP contribution in [0.1, 0.15) is 26.3 Å². The topological polar surface area (TPSA) is 119 Å². The fraction of sp³-hybridized carbons (Fsp3) is 0.467. The molecule has 1 rings (SSSR count). The molecular formula is C15H21NO7S. The number of rotatable bonds is 6. The smallest absolute Gasteiger partial charge is 0.408 e. The fourth-order valence-electron chi connectivity index (χ4n) is 1.56. The van der Waals surface area contributed by atoms with Gasteiger partial charge in [-0.25, -0.2) is 9.59 Å². The van der Waals surface area contributed by atoms with Gasteiger partial charge in [-0.3, -0.25) is 4.18 Å². The number of benzene rings is 1. The first-order valence-electron chi connectivity index (χ1n) is 7.09. The number of carboxylic acid groups (broad SMARTS) is 1. The van der Waals surface area contributed by atoms with Crippen molar-refractivity contribution in [3.05, 3.63) is 29.8 Å². The second-order valence-electron chi connectivity index (χ2n) is 6.09. The van der Waals surface area contributed by atoms with Gasteiger partial charge in [-0.2, -0.15) is 8.42 Å². The van der Waals surface area contributed by atoms with E-state index in [2.05, 4.69) is 5.32 Å². The molecule has 1 amide bonds. The van der Waals surface area contributed by atoms with E-state index in [0.717, 1.165) is 5.56 Å². The monoisotopic (exact) mass is 359 g/mol. The molecule has 0 fully saturated rings. The summed E-state index contributed by atoms with van der Waals surface area (Å²) >= 11 is 0. The Morgan fingerprint density at radius 1 is 1.21 bits per heavy atom. The summed E-state index contributed by atoms with van der Waals surface area (Å²) in [5.74, 6) is -1.44. The van der Waals surface area contributed by atoms with Crippen LogP contribution in [-0.2, 0) is 23.8 Å². The van der Waals surface area contributed by atoms with E-state index in [1.165, 1.54) is 12.1 Å². The number of carboxylic acids is 1. The number of hydrogen-bond donors (Lipinski definition) is 2. The van der Waals surface area contributed by atoms with Crippen LogP contribution < -0.4 is 5.32 Å². The third-order valence-corrected chi connectivity index (χ3v) is 3.98. The molecule has 24 heavy (non-hydrogen) atoms. The van der Waals surface area contributed by atoms with Gasteiger partial charge in [0, 0.05) is 0 Å². The Labute approximate surface area is 140 Å². The zero-order chi connectivity index (χ0) is 18.5. The zero-order valence-corrected chi connectivity index (χ0v) is 14.7. The van der Waals surface area contributed by atoms with Crippen molar-refractivity contribution in [2.75, 3.05) is 6.61 Å². The molecule has 9 heteroatoms. The zero-order valence-electron chi connectivity index (χ0n) is 13.9. The van der Waals surface area contributed by atoms with Crippen LogP contribution in [0.4, 0.5) is 4.79 Å². The number of carbonyl (C=O) groups excluding carboxylic acids is 1. The molecule has 1 aromatic carbocycles. The first-order valence-corrected chi connectivity index (χ1v) is 8.50. The highest BCUT2D eigenvalue weighted by molar-refractivity contribution is 7.86. The number of nitrogens with one attached hydrogen (secondary N) is 1. The first-order chi connectivity index (χ1) is 10.9. The van der Waals surface area contributed by atoms with Gasteiger partial charge in [0.15, 0.2) is 6.04 Å². The summed E-state index contributed by atoms with van der Waals surface area (Å²) in [6.07, 6.45) is -0.980. The van der Waals surface area contributed by atoms with Crippen LogP contribution in [0, 0.1) is 6.92 Å². The molecule has 0 saturated carbocycles. The molecule has 8 nitrogen and oxygen atoms in total. The summed E-state index contributed by atoms with van der Waals surface area (Å²) in [4.78, 5) is 22.7. The minimum absolute atomic E-state index is 0.102. The Balaban J connectivity index is 2.74. The van der Waals surface area contributed by atoms with Gasteiger partial charge in [0.2, 0.25) is 0 Å². The van der Waals surface area contributed by atoms with Gasteiger partial charge in [0.1, 0.15) is 5.60 Å². The van der Waals surface area contributed by atoms with E-state index in [1.807, 2.05) is 0 Å². The van der Waals surface area contributed by atoms with E-state index < -0.39 is 40.4 Å². The normalized spacial score (nSPS) is 13.2. The minimum atomic E-state index is -4.13. The summed E-state index contributed by atoms with van der Waals surface area (Å²) in [5, 5.41) is 11.1. The summed E-state index contributed by atoms with van der Waals surface area (Å²) < 4.78 is 33.7. The number of aryl methyl sites for hydroxylation is 1. The maximum atomic E-state index is 12.0. The molecule has 0 spiro atoms. The second kappa shape index (κ2) is 7.63. The van der Waals surface area contributed by atoms with Crippen molar-refractivity contribution in [2.24, 2.45) is 0 Å². The van der Waals surface area contributed by atoms with Gasteiger partial charge < -0.3 is 15.2 Å². The van der Waals surface area contributed by atoms with E-state index in [1.54, 1.807) is 39.8 Å². The molecule has 2 N–H and O–H groups in total. The molecule has 0 unspecified atom stereocenters. The largest absolute Gasteiger partial charge is 0.480 e. The lowest BCUT2D eigenvalue weighted by atomic mass is 10.2. The highest BCUT2D eigenvalue weighted by Crippen LogP contribution is 2.14. The molecule has 0 bridgehead atoms. The van der Waals surface area contributed by atoms with Crippen molar-refractivity contribution in [1.82, 2.24) is 5.32 Å². The molecule has 0 heterocycles. The average molecular weight is 359 g/mol. The molecule has 0 aromatic heterocycles. The van der Waals surface area contributed by atoms with Gasteiger partial charge in [-0.15, -0.1) is 0 Å². The van der Waals surface area contributed by atoms with Crippen molar-refractivity contribution >= 4 is 22.2 Å². The summed E-state index contributed by atoms with van der Waals surface area (Å²) in [6, 6.07) is 4.30. The van der Waals surface area contributed by atoms with Crippen LogP contribution in [0.2, 0.25) is 0 Å². The van der Waals surface area contributed by atoms with Crippen LogP contribution >= 0.6 is 0 Å². The number of alkyl carbamates (subject to hydrolysis) is 1. The first kappa shape index (κ1) is 19.9. The third kappa shape index (κ3) is 6.55. The van der Waals surface area contributed by atoms with Gasteiger partial charge in [0.05, 0.1) is 11.5 Å². The fourth-order valence-corrected chi connectivity index (χ4v) is 2.48. The number of ether oxygens (including phenoxy) is 1. The number of hydrogen-bond acceptors (Lipinski definition) is 6. The lowest BCUT2D eigenvalue weighted by molar-refractivity contribution is -0.140. The Bertz CT molecular complexity index is 690. The number of carbonyl (C=O) groups is 2. The SMILES string of the molecule is Cc1ccc(S(=O)(=O)OC[C@H](NC(=O)OC(C)(C)C)C(=O)O)cc1. The number of aliphatic carboxylic acids is 1. The molecule has 0 radical (unpaired) electrons. The second-order valence-corrected chi connectivity index (χ2v) is 7.70.